The number of benzene rings is 4. The van der Waals surface area contributed by atoms with E-state index in [-0.39, 0.29) is 37.3 Å². The van der Waals surface area contributed by atoms with Crippen molar-refractivity contribution >= 4 is 70.2 Å². The first-order chi connectivity index (χ1) is 40.1. The first kappa shape index (κ1) is 66.3. The molecule has 6 N–H and O–H groups in total. The minimum Gasteiger partial charge on any atom is -0.445 e. The van der Waals surface area contributed by atoms with Crippen LogP contribution in [0.2, 0.25) is 0 Å². The Balaban J connectivity index is 0.000000308. The third-order valence-corrected chi connectivity index (χ3v) is 13.9. The van der Waals surface area contributed by atoms with Crippen molar-refractivity contribution < 1.29 is 52.6 Å². The number of hydrogen-bond acceptors (Lipinski definition) is 15. The average Bonchev–Trinajstić information content (AvgIpc) is 4.32. The number of carbonyl (C=O) groups is 6. The molecule has 0 aliphatic carbocycles. The number of amides is 6. The van der Waals surface area contributed by atoms with Gasteiger partial charge in [0, 0.05) is 53.8 Å². The van der Waals surface area contributed by atoms with E-state index in [2.05, 4.69) is 21.3 Å². The molecule has 84 heavy (non-hydrogen) atoms. The summed E-state index contributed by atoms with van der Waals surface area (Å²) in [6.07, 6.45) is 0.544. The van der Waals surface area contributed by atoms with E-state index < -0.39 is 52.6 Å². The number of non-ortho nitro benzene ring substituents is 1. The van der Waals surface area contributed by atoms with Gasteiger partial charge in [-0.3, -0.25) is 19.7 Å². The van der Waals surface area contributed by atoms with E-state index in [1.807, 2.05) is 108 Å². The van der Waals surface area contributed by atoms with Gasteiger partial charge in [-0.25, -0.2) is 19.2 Å². The molecule has 0 saturated carbocycles. The van der Waals surface area contributed by atoms with Crippen LogP contribution in [0.1, 0.15) is 112 Å². The molecule has 6 aromatic rings. The largest absolute Gasteiger partial charge is 0.445 e. The number of rotatable bonds is 27. The molecule has 0 aliphatic heterocycles. The molecule has 0 radical (unpaired) electrons. The number of alkyl carbamates (subject to hydrolysis) is 4. The quantitative estimate of drug-likeness (QED) is 0.0106. The van der Waals surface area contributed by atoms with Crippen molar-refractivity contribution in [2.45, 2.75) is 143 Å². The average molecular weight is 1190 g/mol. The number of nitrogens with two attached hydrogens (primary N) is 1. The number of nitrogens with one attached hydrogen (secondary N) is 4. The van der Waals surface area contributed by atoms with Crippen LogP contribution in [0.5, 0.6) is 0 Å². The number of nitro groups is 1. The van der Waals surface area contributed by atoms with E-state index in [4.69, 9.17) is 24.7 Å². The van der Waals surface area contributed by atoms with E-state index in [9.17, 15) is 38.9 Å². The molecule has 450 valence electrons. The number of unbranched alkanes of at least 4 members (excludes halogenated alkanes) is 2. The maximum atomic E-state index is 13.9. The second-order valence-electron chi connectivity index (χ2n) is 21.6. The lowest BCUT2D eigenvalue weighted by molar-refractivity contribution is -0.384. The van der Waals surface area contributed by atoms with E-state index in [1.54, 1.807) is 86.9 Å². The SMILES string of the molecule is CC(C)(C)OC(=O)N[C@@H](CCCCNC(=O)OCc1ccccc1)C(=O)N(Cc1ccc(N)cc1)Cc1cccs1.CC(C)(C)OC(=O)N[C@@H](CCCCNC(=O)OCc1ccccc1)C(=O)N(Cc1ccc([N+](=O)[O-])cc1)Cc1cccs1. The minimum atomic E-state index is -0.891. The molecule has 2 aromatic heterocycles. The maximum absolute atomic E-state index is 13.9. The zero-order valence-corrected chi connectivity index (χ0v) is 50.2. The Morgan fingerprint density at radius 1 is 0.512 bits per heavy atom. The van der Waals surface area contributed by atoms with Gasteiger partial charge in [-0.1, -0.05) is 97.1 Å². The van der Waals surface area contributed by atoms with Crippen LogP contribution in [0, 0.1) is 10.1 Å². The fraction of sp³-hybridized carbons (Fsp3) is 0.387. The Morgan fingerprint density at radius 2 is 0.905 bits per heavy atom. The summed E-state index contributed by atoms with van der Waals surface area (Å²) in [5.41, 5.74) is 8.42. The molecule has 20 nitrogen and oxygen atoms in total. The van der Waals surface area contributed by atoms with Crippen LogP contribution in [0.15, 0.2) is 144 Å². The first-order valence-corrected chi connectivity index (χ1v) is 29.4. The topological polar surface area (TPSA) is 263 Å². The summed E-state index contributed by atoms with van der Waals surface area (Å²) < 4.78 is 21.4. The number of hydrogen-bond donors (Lipinski definition) is 5. The number of nitro benzene ring substituents is 1. The van der Waals surface area contributed by atoms with Crippen molar-refractivity contribution in [2.24, 2.45) is 0 Å². The van der Waals surface area contributed by atoms with Crippen LogP contribution in [0.25, 0.3) is 0 Å². The van der Waals surface area contributed by atoms with Crippen LogP contribution in [0.4, 0.5) is 30.6 Å². The maximum Gasteiger partial charge on any atom is 0.408 e. The standard InChI is InChI=1S/C31H38N4O7S.C31H40N4O5S/c1-31(2,3)42-30(38)33-27(13-7-8-18-32-29(37)41-22-24-10-5-4-6-11-24)28(36)34(21-26-12-9-19-43-26)20-23-14-16-25(17-15-23)35(39)40;1-31(2,3)40-30(38)34-27(13-7-8-18-33-29(37)39-22-24-10-5-4-6-11-24)28(36)35(21-26-12-9-19-41-26)20-23-14-16-25(32)17-15-23/h4-6,9-12,14-17,19,27H,7-8,13,18,20-22H2,1-3H3,(H,32,37)(H,33,38);4-6,9-12,14-17,19,27H,7-8,13,18,20-22,32H2,1-3H3,(H,33,37)(H,34,38)/t2*27-/m00/s1. The molecule has 0 unspecified atom stereocenters. The van der Waals surface area contributed by atoms with Gasteiger partial charge in [0.2, 0.25) is 11.8 Å². The second kappa shape index (κ2) is 34.2. The normalized spacial score (nSPS) is 11.7. The highest BCUT2D eigenvalue weighted by molar-refractivity contribution is 7.10. The molecule has 4 aromatic carbocycles. The van der Waals surface area contributed by atoms with E-state index in [0.717, 1.165) is 26.4 Å². The fourth-order valence-electron chi connectivity index (χ4n) is 8.12. The van der Waals surface area contributed by atoms with Crippen molar-refractivity contribution in [2.75, 3.05) is 18.8 Å². The van der Waals surface area contributed by atoms with Gasteiger partial charge in [-0.05, 0) is 137 Å². The van der Waals surface area contributed by atoms with Crippen molar-refractivity contribution in [3.63, 3.8) is 0 Å². The fourth-order valence-corrected chi connectivity index (χ4v) is 9.56. The van der Waals surface area contributed by atoms with E-state index >= 15 is 0 Å². The summed E-state index contributed by atoms with van der Waals surface area (Å²) in [7, 11) is 0. The predicted octanol–water partition coefficient (Wildman–Crippen LogP) is 12.0. The molecular formula is C62H78N8O12S2. The summed E-state index contributed by atoms with van der Waals surface area (Å²) >= 11 is 3.07. The lowest BCUT2D eigenvalue weighted by Crippen LogP contribution is -2.49. The van der Waals surface area contributed by atoms with Gasteiger partial charge in [0.25, 0.3) is 5.69 Å². The number of nitrogens with zero attached hydrogens (tertiary/aromatic N) is 3. The van der Waals surface area contributed by atoms with Gasteiger partial charge in [-0.15, -0.1) is 22.7 Å². The van der Waals surface area contributed by atoms with Crippen LogP contribution >= 0.6 is 22.7 Å². The molecule has 0 fully saturated rings. The predicted molar refractivity (Wildman–Crippen MR) is 324 cm³/mol. The lowest BCUT2D eigenvalue weighted by Gasteiger charge is -2.29. The number of thiophene rings is 2. The van der Waals surface area contributed by atoms with Gasteiger partial charge >= 0.3 is 24.4 Å². The second-order valence-corrected chi connectivity index (χ2v) is 23.6. The monoisotopic (exact) mass is 1190 g/mol. The van der Waals surface area contributed by atoms with Gasteiger partial charge in [-0.2, -0.15) is 0 Å². The van der Waals surface area contributed by atoms with Crippen LogP contribution in [-0.4, -0.2) is 87.3 Å². The molecule has 6 amide bonds. The van der Waals surface area contributed by atoms with Gasteiger partial charge in [0.1, 0.15) is 36.5 Å². The summed E-state index contributed by atoms with van der Waals surface area (Å²) in [4.78, 5) is 93.2. The molecule has 0 saturated heterocycles. The third-order valence-electron chi connectivity index (χ3n) is 12.1. The Hall–Kier alpha value is -8.50. The van der Waals surface area contributed by atoms with Gasteiger partial charge < -0.3 is 55.7 Å². The molecule has 0 spiro atoms. The molecule has 2 heterocycles. The van der Waals surface area contributed by atoms with Crippen LogP contribution in [0.3, 0.4) is 0 Å². The molecule has 6 rings (SSSR count). The first-order valence-electron chi connectivity index (χ1n) is 27.7. The smallest absolute Gasteiger partial charge is 0.408 e. The van der Waals surface area contributed by atoms with Crippen molar-refractivity contribution in [1.29, 1.82) is 0 Å². The lowest BCUT2D eigenvalue weighted by atomic mass is 10.1. The van der Waals surface area contributed by atoms with Gasteiger partial charge in [0.15, 0.2) is 0 Å². The summed E-state index contributed by atoms with van der Waals surface area (Å²) in [6.45, 7) is 12.9. The molecular weight excluding hydrogens is 1110 g/mol. The Morgan fingerprint density at radius 3 is 1.26 bits per heavy atom. The zero-order chi connectivity index (χ0) is 60.9. The zero-order valence-electron chi connectivity index (χ0n) is 48.5. The van der Waals surface area contributed by atoms with Gasteiger partial charge in [0.05, 0.1) is 18.0 Å². The Kier molecular flexibility index (Phi) is 27.0. The summed E-state index contributed by atoms with van der Waals surface area (Å²) in [5, 5.41) is 25.9. The minimum absolute atomic E-state index is 0.0399. The van der Waals surface area contributed by atoms with E-state index in [0.29, 0.717) is 82.5 Å². The number of carbonyl (C=O) groups excluding carboxylic acids is 6. The van der Waals surface area contributed by atoms with Crippen molar-refractivity contribution in [3.8, 4) is 0 Å². The molecule has 0 bridgehead atoms. The Labute approximate surface area is 499 Å². The number of anilines is 1. The van der Waals surface area contributed by atoms with Crippen molar-refractivity contribution in [1.82, 2.24) is 31.1 Å². The van der Waals surface area contributed by atoms with Crippen LogP contribution in [-0.2, 0) is 67.9 Å². The highest BCUT2D eigenvalue weighted by Gasteiger charge is 2.30. The molecule has 22 heteroatoms. The number of nitrogen functional groups attached to an aromatic ring is 1. The molecule has 0 aliphatic rings. The Bertz CT molecular complexity index is 2960. The number of ether oxygens (including phenoxy) is 4. The summed E-state index contributed by atoms with van der Waals surface area (Å²) in [5.74, 6) is -0.524. The van der Waals surface area contributed by atoms with Crippen molar-refractivity contribution in [3.05, 3.63) is 186 Å². The van der Waals surface area contributed by atoms with Crippen LogP contribution < -0.4 is 27.0 Å². The highest BCUT2D eigenvalue weighted by Crippen LogP contribution is 2.22. The van der Waals surface area contributed by atoms with E-state index in [1.165, 1.54) is 23.5 Å². The highest BCUT2D eigenvalue weighted by atomic mass is 32.1. The third kappa shape index (κ3) is 26.2. The molecule has 2 atom stereocenters. The summed E-state index contributed by atoms with van der Waals surface area (Å²) in [6, 6.07) is 38.3.